The van der Waals surface area contributed by atoms with Crippen molar-refractivity contribution in [2.24, 2.45) is 35.0 Å². The average molecular weight is 274 g/mol. The van der Waals surface area contributed by atoms with Crippen molar-refractivity contribution < 1.29 is 5.11 Å². The van der Waals surface area contributed by atoms with Crippen LogP contribution in [0.15, 0.2) is 12.2 Å². The highest BCUT2D eigenvalue weighted by molar-refractivity contribution is 5.20. The van der Waals surface area contributed by atoms with Gasteiger partial charge < -0.3 is 5.11 Å². The predicted molar refractivity (Wildman–Crippen MR) is 82.3 cm³/mol. The van der Waals surface area contributed by atoms with Crippen molar-refractivity contribution in [1.82, 2.24) is 0 Å². The molecule has 1 N–H and O–H groups in total. The van der Waals surface area contributed by atoms with E-state index in [0.29, 0.717) is 11.3 Å². The minimum absolute atomic E-state index is 0.00207. The lowest BCUT2D eigenvalue weighted by atomic mass is 9.50. The molecule has 0 heterocycles. The predicted octanol–water partition coefficient (Wildman–Crippen LogP) is 4.56. The lowest BCUT2D eigenvalue weighted by Gasteiger charge is -2.56. The van der Waals surface area contributed by atoms with Crippen molar-refractivity contribution >= 4 is 0 Å². The SMILES string of the molecule is C=C1CCC2C3CC(O)C4CCCCC4C3CCC12C. The maximum Gasteiger partial charge on any atom is 0.0574 e. The summed E-state index contributed by atoms with van der Waals surface area (Å²) in [6, 6.07) is 0. The molecule has 0 saturated heterocycles. The van der Waals surface area contributed by atoms with Crippen molar-refractivity contribution in [3.63, 3.8) is 0 Å². The summed E-state index contributed by atoms with van der Waals surface area (Å²) in [5.41, 5.74) is 1.92. The Morgan fingerprint density at radius 1 is 1.00 bits per heavy atom. The topological polar surface area (TPSA) is 20.2 Å². The maximum absolute atomic E-state index is 10.7. The second-order valence-electron chi connectivity index (χ2n) is 8.45. The molecule has 0 aromatic carbocycles. The molecule has 112 valence electrons. The van der Waals surface area contributed by atoms with Gasteiger partial charge in [-0.15, -0.1) is 0 Å². The number of hydrogen-bond acceptors (Lipinski definition) is 1. The Hall–Kier alpha value is -0.300. The Morgan fingerprint density at radius 2 is 1.70 bits per heavy atom. The molecule has 4 rings (SSSR count). The molecule has 0 aliphatic heterocycles. The van der Waals surface area contributed by atoms with Crippen molar-refractivity contribution in [3.05, 3.63) is 12.2 Å². The van der Waals surface area contributed by atoms with Gasteiger partial charge in [-0.2, -0.15) is 0 Å². The summed E-state index contributed by atoms with van der Waals surface area (Å²) in [4.78, 5) is 0. The van der Waals surface area contributed by atoms with Crippen molar-refractivity contribution in [2.75, 3.05) is 0 Å². The fourth-order valence-electron chi connectivity index (χ4n) is 6.75. The van der Waals surface area contributed by atoms with Crippen molar-refractivity contribution in [1.29, 1.82) is 0 Å². The highest BCUT2D eigenvalue weighted by Gasteiger charge is 2.56. The first-order chi connectivity index (χ1) is 9.61. The van der Waals surface area contributed by atoms with Crippen LogP contribution in [0.4, 0.5) is 0 Å². The number of hydrogen-bond donors (Lipinski definition) is 1. The van der Waals surface area contributed by atoms with Gasteiger partial charge in [0.05, 0.1) is 6.10 Å². The fraction of sp³-hybridized carbons (Fsp3) is 0.895. The fourth-order valence-corrected chi connectivity index (χ4v) is 6.75. The first-order valence-electron chi connectivity index (χ1n) is 8.97. The van der Waals surface area contributed by atoms with E-state index in [1.54, 1.807) is 0 Å². The number of fused-ring (bicyclic) bond motifs is 5. The van der Waals surface area contributed by atoms with Gasteiger partial charge >= 0.3 is 0 Å². The Morgan fingerprint density at radius 3 is 2.50 bits per heavy atom. The van der Waals surface area contributed by atoms with Crippen LogP contribution in [0.1, 0.15) is 64.7 Å². The monoisotopic (exact) mass is 274 g/mol. The van der Waals surface area contributed by atoms with Crippen LogP contribution < -0.4 is 0 Å². The highest BCUT2D eigenvalue weighted by atomic mass is 16.3. The quantitative estimate of drug-likeness (QED) is 0.642. The molecule has 0 aromatic rings. The summed E-state index contributed by atoms with van der Waals surface area (Å²) < 4.78 is 0. The van der Waals surface area contributed by atoms with Crippen LogP contribution in [-0.2, 0) is 0 Å². The van der Waals surface area contributed by atoms with Gasteiger partial charge in [0.2, 0.25) is 0 Å². The van der Waals surface area contributed by atoms with E-state index < -0.39 is 0 Å². The Kier molecular flexibility index (Phi) is 3.07. The van der Waals surface area contributed by atoms with Crippen LogP contribution in [0.3, 0.4) is 0 Å². The van der Waals surface area contributed by atoms with E-state index in [-0.39, 0.29) is 6.10 Å². The first-order valence-corrected chi connectivity index (χ1v) is 8.97. The summed E-state index contributed by atoms with van der Waals surface area (Å²) in [5.74, 6) is 4.02. The summed E-state index contributed by atoms with van der Waals surface area (Å²) >= 11 is 0. The van der Waals surface area contributed by atoms with Gasteiger partial charge in [0.15, 0.2) is 0 Å². The molecule has 0 bridgehead atoms. The third-order valence-corrected chi connectivity index (χ3v) is 7.88. The normalized spacial score (nSPS) is 55.0. The highest BCUT2D eigenvalue weighted by Crippen LogP contribution is 2.63. The van der Waals surface area contributed by atoms with Crippen LogP contribution in [0.2, 0.25) is 0 Å². The van der Waals surface area contributed by atoms with Crippen LogP contribution in [-0.4, -0.2) is 11.2 Å². The lowest BCUT2D eigenvalue weighted by molar-refractivity contribution is -0.101. The number of rotatable bonds is 0. The molecule has 0 aromatic heterocycles. The van der Waals surface area contributed by atoms with Crippen LogP contribution in [0, 0.1) is 35.0 Å². The molecule has 4 aliphatic carbocycles. The molecule has 4 saturated carbocycles. The Labute approximate surface area is 123 Å². The lowest BCUT2D eigenvalue weighted by Crippen LogP contribution is -2.51. The number of allylic oxidation sites excluding steroid dienone is 1. The summed E-state index contributed by atoms with van der Waals surface area (Å²) in [5, 5.41) is 10.7. The van der Waals surface area contributed by atoms with Crippen LogP contribution in [0.25, 0.3) is 0 Å². The minimum Gasteiger partial charge on any atom is -0.393 e. The van der Waals surface area contributed by atoms with Gasteiger partial charge in [0.25, 0.3) is 0 Å². The molecule has 0 amide bonds. The average Bonchev–Trinajstić information content (AvgIpc) is 2.76. The molecule has 1 heteroatoms. The Bertz CT molecular complexity index is 414. The summed E-state index contributed by atoms with van der Waals surface area (Å²) in [6.45, 7) is 6.86. The third-order valence-electron chi connectivity index (χ3n) is 7.88. The zero-order chi connectivity index (χ0) is 13.9. The van der Waals surface area contributed by atoms with Gasteiger partial charge in [-0.3, -0.25) is 0 Å². The molecule has 7 atom stereocenters. The molecular weight excluding hydrogens is 244 g/mol. The van der Waals surface area contributed by atoms with E-state index in [9.17, 15) is 5.11 Å². The van der Waals surface area contributed by atoms with Gasteiger partial charge in [-0.25, -0.2) is 0 Å². The largest absolute Gasteiger partial charge is 0.393 e. The molecule has 7 unspecified atom stereocenters. The number of aliphatic hydroxyl groups is 1. The maximum atomic E-state index is 10.7. The second-order valence-corrected chi connectivity index (χ2v) is 8.45. The zero-order valence-corrected chi connectivity index (χ0v) is 13.0. The first kappa shape index (κ1) is 13.4. The Balaban J connectivity index is 1.64. The standard InChI is InChI=1S/C19H30O/c1-12-7-8-17-16-11-18(20)15-6-4-3-5-13(15)14(16)9-10-19(12,17)2/h13-18,20H,1,3-11H2,2H3. The van der Waals surface area contributed by atoms with Gasteiger partial charge in [-0.1, -0.05) is 31.9 Å². The van der Waals surface area contributed by atoms with Gasteiger partial charge in [-0.05, 0) is 80.0 Å². The van der Waals surface area contributed by atoms with E-state index in [4.69, 9.17) is 0 Å². The molecule has 1 nitrogen and oxygen atoms in total. The smallest absolute Gasteiger partial charge is 0.0574 e. The molecule has 0 radical (unpaired) electrons. The second kappa shape index (κ2) is 4.60. The molecule has 20 heavy (non-hydrogen) atoms. The van der Waals surface area contributed by atoms with E-state index in [1.165, 1.54) is 56.9 Å². The molecule has 4 fully saturated rings. The zero-order valence-electron chi connectivity index (χ0n) is 13.0. The van der Waals surface area contributed by atoms with Crippen LogP contribution >= 0.6 is 0 Å². The van der Waals surface area contributed by atoms with Crippen LogP contribution in [0.5, 0.6) is 0 Å². The van der Waals surface area contributed by atoms with Crippen molar-refractivity contribution in [2.45, 2.75) is 70.8 Å². The minimum atomic E-state index is -0.00207. The van der Waals surface area contributed by atoms with E-state index in [2.05, 4.69) is 13.5 Å². The van der Waals surface area contributed by atoms with E-state index in [1.807, 2.05) is 0 Å². The summed E-state index contributed by atoms with van der Waals surface area (Å²) in [7, 11) is 0. The molecule has 0 spiro atoms. The summed E-state index contributed by atoms with van der Waals surface area (Å²) in [6.07, 6.45) is 11.9. The van der Waals surface area contributed by atoms with Gasteiger partial charge in [0.1, 0.15) is 0 Å². The third kappa shape index (κ3) is 1.71. The molecular formula is C19H30O. The van der Waals surface area contributed by atoms with E-state index in [0.717, 1.165) is 30.1 Å². The van der Waals surface area contributed by atoms with Crippen molar-refractivity contribution in [3.8, 4) is 0 Å². The number of aliphatic hydroxyl groups excluding tert-OH is 1. The van der Waals surface area contributed by atoms with Gasteiger partial charge in [0, 0.05) is 0 Å². The van der Waals surface area contributed by atoms with E-state index >= 15 is 0 Å². The molecule has 4 aliphatic rings.